The van der Waals surface area contributed by atoms with Gasteiger partial charge in [0.15, 0.2) is 0 Å². The van der Waals surface area contributed by atoms with Crippen molar-refractivity contribution < 1.29 is 4.42 Å². The van der Waals surface area contributed by atoms with Crippen molar-refractivity contribution in [2.45, 2.75) is 33.9 Å². The summed E-state index contributed by atoms with van der Waals surface area (Å²) in [4.78, 5) is 0. The predicted molar refractivity (Wildman–Crippen MR) is 67.8 cm³/mol. The zero-order valence-electron chi connectivity index (χ0n) is 10.6. The minimum Gasteiger partial charge on any atom is -0.467 e. The molecule has 2 aromatic rings. The van der Waals surface area contributed by atoms with E-state index in [2.05, 4.69) is 30.5 Å². The normalized spacial score (nSPS) is 11.1. The molecule has 0 spiro atoms. The lowest BCUT2D eigenvalue weighted by Gasteiger charge is -2.03. The van der Waals surface area contributed by atoms with E-state index in [1.807, 2.05) is 23.7 Å². The SMILES string of the molecule is Cc1nn(CC(C)C)cc1NCc1ccco1. The van der Waals surface area contributed by atoms with Crippen LogP contribution in [0.1, 0.15) is 25.3 Å². The maximum absolute atomic E-state index is 5.28. The smallest absolute Gasteiger partial charge is 0.122 e. The summed E-state index contributed by atoms with van der Waals surface area (Å²) >= 11 is 0. The third-order valence-corrected chi connectivity index (χ3v) is 2.53. The largest absolute Gasteiger partial charge is 0.467 e. The molecule has 0 saturated heterocycles. The topological polar surface area (TPSA) is 43.0 Å². The van der Waals surface area contributed by atoms with Gasteiger partial charge in [-0.05, 0) is 25.0 Å². The maximum atomic E-state index is 5.28. The lowest BCUT2D eigenvalue weighted by Crippen LogP contribution is -2.04. The second kappa shape index (κ2) is 5.08. The Balaban J connectivity index is 1.98. The van der Waals surface area contributed by atoms with Crippen molar-refractivity contribution in [1.82, 2.24) is 9.78 Å². The van der Waals surface area contributed by atoms with Gasteiger partial charge < -0.3 is 9.73 Å². The summed E-state index contributed by atoms with van der Waals surface area (Å²) in [5, 5.41) is 7.81. The molecule has 0 atom stereocenters. The molecule has 0 saturated carbocycles. The summed E-state index contributed by atoms with van der Waals surface area (Å²) in [6.07, 6.45) is 3.74. The third-order valence-electron chi connectivity index (χ3n) is 2.53. The molecule has 1 N–H and O–H groups in total. The lowest BCUT2D eigenvalue weighted by atomic mass is 10.2. The van der Waals surface area contributed by atoms with Gasteiger partial charge in [0.1, 0.15) is 5.76 Å². The van der Waals surface area contributed by atoms with Crippen molar-refractivity contribution in [3.8, 4) is 0 Å². The first-order valence-corrected chi connectivity index (χ1v) is 5.95. The third kappa shape index (κ3) is 3.12. The molecule has 2 aromatic heterocycles. The molecule has 0 fully saturated rings. The van der Waals surface area contributed by atoms with Gasteiger partial charge in [-0.2, -0.15) is 5.10 Å². The Labute approximate surface area is 102 Å². The highest BCUT2D eigenvalue weighted by Gasteiger charge is 2.06. The van der Waals surface area contributed by atoms with E-state index >= 15 is 0 Å². The highest BCUT2D eigenvalue weighted by atomic mass is 16.3. The number of anilines is 1. The monoisotopic (exact) mass is 233 g/mol. The first-order valence-electron chi connectivity index (χ1n) is 5.95. The summed E-state index contributed by atoms with van der Waals surface area (Å²) in [5.74, 6) is 1.54. The second-order valence-electron chi connectivity index (χ2n) is 4.68. The number of nitrogens with zero attached hydrogens (tertiary/aromatic N) is 2. The number of aryl methyl sites for hydroxylation is 1. The van der Waals surface area contributed by atoms with E-state index in [4.69, 9.17) is 4.42 Å². The maximum Gasteiger partial charge on any atom is 0.122 e. The van der Waals surface area contributed by atoms with Gasteiger partial charge in [-0.1, -0.05) is 13.8 Å². The zero-order chi connectivity index (χ0) is 12.3. The van der Waals surface area contributed by atoms with Crippen molar-refractivity contribution in [2.24, 2.45) is 5.92 Å². The molecule has 2 rings (SSSR count). The van der Waals surface area contributed by atoms with Crippen LogP contribution in [0.5, 0.6) is 0 Å². The molecule has 0 amide bonds. The van der Waals surface area contributed by atoms with Crippen LogP contribution in [-0.4, -0.2) is 9.78 Å². The number of hydrogen-bond donors (Lipinski definition) is 1. The quantitative estimate of drug-likeness (QED) is 0.863. The van der Waals surface area contributed by atoms with Gasteiger partial charge in [-0.15, -0.1) is 0 Å². The van der Waals surface area contributed by atoms with E-state index in [0.717, 1.165) is 23.7 Å². The lowest BCUT2D eigenvalue weighted by molar-refractivity contribution is 0.481. The molecule has 0 aromatic carbocycles. The van der Waals surface area contributed by atoms with E-state index in [-0.39, 0.29) is 0 Å². The highest BCUT2D eigenvalue weighted by Crippen LogP contribution is 2.15. The summed E-state index contributed by atoms with van der Waals surface area (Å²) in [6.45, 7) is 8.03. The van der Waals surface area contributed by atoms with E-state index in [1.165, 1.54) is 0 Å². The molecular weight excluding hydrogens is 214 g/mol. The minimum absolute atomic E-state index is 0.604. The Hall–Kier alpha value is -1.71. The van der Waals surface area contributed by atoms with Crippen LogP contribution in [0.2, 0.25) is 0 Å². The Morgan fingerprint density at radius 1 is 1.47 bits per heavy atom. The summed E-state index contributed by atoms with van der Waals surface area (Å²) in [5.41, 5.74) is 2.10. The number of rotatable bonds is 5. The van der Waals surface area contributed by atoms with Gasteiger partial charge in [0.25, 0.3) is 0 Å². The Kier molecular flexibility index (Phi) is 3.52. The number of aromatic nitrogens is 2. The van der Waals surface area contributed by atoms with Gasteiger partial charge >= 0.3 is 0 Å². The fraction of sp³-hybridized carbons (Fsp3) is 0.462. The number of hydrogen-bond acceptors (Lipinski definition) is 3. The van der Waals surface area contributed by atoms with E-state index in [0.29, 0.717) is 12.5 Å². The molecule has 92 valence electrons. The molecule has 4 heteroatoms. The summed E-state index contributed by atoms with van der Waals surface area (Å²) in [7, 11) is 0. The Morgan fingerprint density at radius 3 is 2.94 bits per heavy atom. The molecular formula is C13H19N3O. The molecule has 0 radical (unpaired) electrons. The second-order valence-corrected chi connectivity index (χ2v) is 4.68. The van der Waals surface area contributed by atoms with Gasteiger partial charge in [-0.25, -0.2) is 0 Å². The number of furan rings is 1. The first-order chi connectivity index (χ1) is 8.15. The molecule has 0 unspecified atom stereocenters. The van der Waals surface area contributed by atoms with E-state index in [9.17, 15) is 0 Å². The van der Waals surface area contributed by atoms with Crippen molar-refractivity contribution >= 4 is 5.69 Å². The molecule has 0 aliphatic carbocycles. The van der Waals surface area contributed by atoms with Gasteiger partial charge in [-0.3, -0.25) is 4.68 Å². The van der Waals surface area contributed by atoms with Crippen LogP contribution < -0.4 is 5.32 Å². The van der Waals surface area contributed by atoms with Crippen molar-refractivity contribution in [3.63, 3.8) is 0 Å². The van der Waals surface area contributed by atoms with Gasteiger partial charge in [0.05, 0.1) is 24.2 Å². The molecule has 0 aliphatic heterocycles. The number of nitrogens with one attached hydrogen (secondary N) is 1. The summed E-state index contributed by atoms with van der Waals surface area (Å²) in [6, 6.07) is 3.85. The molecule has 0 aliphatic rings. The van der Waals surface area contributed by atoms with Crippen LogP contribution in [0.25, 0.3) is 0 Å². The van der Waals surface area contributed by atoms with Gasteiger partial charge in [0, 0.05) is 12.7 Å². The zero-order valence-corrected chi connectivity index (χ0v) is 10.6. The molecule has 0 bridgehead atoms. The van der Waals surface area contributed by atoms with Crippen LogP contribution in [0.15, 0.2) is 29.0 Å². The van der Waals surface area contributed by atoms with Crippen LogP contribution in [0, 0.1) is 12.8 Å². The van der Waals surface area contributed by atoms with Crippen LogP contribution in [-0.2, 0) is 13.1 Å². The Morgan fingerprint density at radius 2 is 2.29 bits per heavy atom. The average Bonchev–Trinajstić information content (AvgIpc) is 2.84. The van der Waals surface area contributed by atoms with Crippen LogP contribution in [0.4, 0.5) is 5.69 Å². The van der Waals surface area contributed by atoms with Crippen molar-refractivity contribution in [3.05, 3.63) is 36.0 Å². The standard InChI is InChI=1S/C13H19N3O/c1-10(2)8-16-9-13(11(3)15-16)14-7-12-5-4-6-17-12/h4-6,9-10,14H,7-8H2,1-3H3. The van der Waals surface area contributed by atoms with Crippen molar-refractivity contribution in [2.75, 3.05) is 5.32 Å². The highest BCUT2D eigenvalue weighted by molar-refractivity contribution is 5.45. The molecule has 4 nitrogen and oxygen atoms in total. The average molecular weight is 233 g/mol. The van der Waals surface area contributed by atoms with Gasteiger partial charge in [0.2, 0.25) is 0 Å². The van der Waals surface area contributed by atoms with E-state index in [1.54, 1.807) is 6.26 Å². The molecule has 2 heterocycles. The van der Waals surface area contributed by atoms with E-state index < -0.39 is 0 Å². The summed E-state index contributed by atoms with van der Waals surface area (Å²) < 4.78 is 7.27. The minimum atomic E-state index is 0.604. The van der Waals surface area contributed by atoms with Crippen LogP contribution in [0.3, 0.4) is 0 Å². The fourth-order valence-electron chi connectivity index (χ4n) is 1.75. The van der Waals surface area contributed by atoms with Crippen molar-refractivity contribution in [1.29, 1.82) is 0 Å². The fourth-order valence-corrected chi connectivity index (χ4v) is 1.75. The first kappa shape index (κ1) is 11.8. The Bertz CT molecular complexity index is 457. The van der Waals surface area contributed by atoms with Crippen LogP contribution >= 0.6 is 0 Å². The molecule has 17 heavy (non-hydrogen) atoms. The predicted octanol–water partition coefficient (Wildman–Crippen LogP) is 3.05.